The van der Waals surface area contributed by atoms with Crippen molar-refractivity contribution in [3.05, 3.63) is 47.3 Å². The van der Waals surface area contributed by atoms with E-state index >= 15 is 0 Å². The molecule has 0 saturated heterocycles. The zero-order chi connectivity index (χ0) is 14.7. The van der Waals surface area contributed by atoms with Crippen molar-refractivity contribution in [2.75, 3.05) is 5.32 Å². The quantitative estimate of drug-likeness (QED) is 0.884. The Morgan fingerprint density at radius 3 is 2.75 bits per heavy atom. The number of anilines is 1. The van der Waals surface area contributed by atoms with Gasteiger partial charge in [0.2, 0.25) is 0 Å². The Morgan fingerprint density at radius 2 is 2.15 bits per heavy atom. The number of hydrogen-bond acceptors (Lipinski definition) is 3. The van der Waals surface area contributed by atoms with Crippen LogP contribution >= 0.6 is 0 Å². The van der Waals surface area contributed by atoms with Gasteiger partial charge in [0.1, 0.15) is 0 Å². The highest BCUT2D eigenvalue weighted by molar-refractivity contribution is 5.89. The topological polar surface area (TPSA) is 67.2 Å². The minimum atomic E-state index is -2.70. The van der Waals surface area contributed by atoms with Crippen molar-refractivity contribution in [3.63, 3.8) is 0 Å². The Morgan fingerprint density at radius 1 is 1.45 bits per heavy atom. The summed E-state index contributed by atoms with van der Waals surface area (Å²) in [5.74, 6) is -1.03. The summed E-state index contributed by atoms with van der Waals surface area (Å²) >= 11 is 0. The zero-order valence-electron chi connectivity index (χ0n) is 10.7. The summed E-state index contributed by atoms with van der Waals surface area (Å²) in [6.07, 6.45) is 1.20. The van der Waals surface area contributed by atoms with Crippen molar-refractivity contribution >= 4 is 11.7 Å². The number of nitrogens with one attached hydrogen (secondary N) is 1. The molecule has 2 rings (SSSR count). The molecule has 106 valence electrons. The van der Waals surface area contributed by atoms with Crippen LogP contribution in [0.25, 0.3) is 0 Å². The number of aromatic carboxylic acids is 1. The average Bonchev–Trinajstić information content (AvgIpc) is 2.78. The van der Waals surface area contributed by atoms with Gasteiger partial charge in [-0.25, -0.2) is 9.48 Å². The molecule has 0 saturated carbocycles. The monoisotopic (exact) mass is 281 g/mol. The van der Waals surface area contributed by atoms with E-state index in [-0.39, 0.29) is 12.1 Å². The predicted molar refractivity (Wildman–Crippen MR) is 68.9 cm³/mol. The first-order valence-electron chi connectivity index (χ1n) is 5.88. The van der Waals surface area contributed by atoms with Gasteiger partial charge in [-0.3, -0.25) is 0 Å². The molecule has 20 heavy (non-hydrogen) atoms. The molecule has 5 nitrogen and oxygen atoms in total. The number of rotatable bonds is 5. The largest absolute Gasteiger partial charge is 0.478 e. The van der Waals surface area contributed by atoms with Crippen LogP contribution in [-0.4, -0.2) is 20.9 Å². The molecule has 0 unspecified atom stereocenters. The number of halogens is 2. The van der Waals surface area contributed by atoms with Crippen LogP contribution in [0.1, 0.15) is 28.2 Å². The summed E-state index contributed by atoms with van der Waals surface area (Å²) in [4.78, 5) is 11.1. The molecule has 0 aliphatic heterocycles. The van der Waals surface area contributed by atoms with Gasteiger partial charge in [-0.05, 0) is 18.6 Å². The van der Waals surface area contributed by atoms with Crippen LogP contribution in [0.2, 0.25) is 0 Å². The normalized spacial score (nSPS) is 10.8. The van der Waals surface area contributed by atoms with E-state index in [0.717, 1.165) is 0 Å². The number of carbonyl (C=O) groups is 1. The highest BCUT2D eigenvalue weighted by Gasteiger charge is 2.13. The molecule has 1 aromatic carbocycles. The summed E-state index contributed by atoms with van der Waals surface area (Å²) in [5.41, 5.74) is 1.63. The molecule has 0 bridgehead atoms. The van der Waals surface area contributed by atoms with Gasteiger partial charge in [0, 0.05) is 6.54 Å². The number of aryl methyl sites for hydroxylation is 1. The van der Waals surface area contributed by atoms with E-state index in [9.17, 15) is 13.6 Å². The van der Waals surface area contributed by atoms with Gasteiger partial charge in [0.25, 0.3) is 0 Å². The molecule has 0 amide bonds. The molecule has 0 radical (unpaired) electrons. The number of benzene rings is 1. The average molecular weight is 281 g/mol. The zero-order valence-corrected chi connectivity index (χ0v) is 10.7. The molecular formula is C13H13F2N3O2. The molecule has 0 spiro atoms. The highest BCUT2D eigenvalue weighted by Crippen LogP contribution is 2.19. The summed E-state index contributed by atoms with van der Waals surface area (Å²) in [7, 11) is 0. The third-order valence-electron chi connectivity index (χ3n) is 2.83. The molecule has 0 aliphatic rings. The van der Waals surface area contributed by atoms with Crippen LogP contribution in [0.4, 0.5) is 14.5 Å². The number of carboxylic acids is 1. The first-order chi connectivity index (χ1) is 9.49. The first-order valence-corrected chi connectivity index (χ1v) is 5.88. The summed E-state index contributed by atoms with van der Waals surface area (Å²) in [6, 6.07) is 6.52. The van der Waals surface area contributed by atoms with Crippen molar-refractivity contribution in [1.29, 1.82) is 0 Å². The Balaban J connectivity index is 2.15. The summed E-state index contributed by atoms with van der Waals surface area (Å²) < 4.78 is 25.5. The highest BCUT2D eigenvalue weighted by atomic mass is 19.3. The van der Waals surface area contributed by atoms with E-state index in [4.69, 9.17) is 5.11 Å². The van der Waals surface area contributed by atoms with Crippen molar-refractivity contribution < 1.29 is 18.7 Å². The maximum absolute atomic E-state index is 12.5. The fourth-order valence-electron chi connectivity index (χ4n) is 1.83. The van der Waals surface area contributed by atoms with Gasteiger partial charge >= 0.3 is 12.5 Å². The van der Waals surface area contributed by atoms with Crippen LogP contribution in [0.5, 0.6) is 0 Å². The smallest absolute Gasteiger partial charge is 0.336 e. The maximum atomic E-state index is 12.5. The molecule has 1 aromatic heterocycles. The van der Waals surface area contributed by atoms with E-state index in [1.165, 1.54) is 12.3 Å². The number of nitrogens with zero attached hydrogens (tertiary/aromatic N) is 2. The van der Waals surface area contributed by atoms with E-state index in [0.29, 0.717) is 21.6 Å². The van der Waals surface area contributed by atoms with Gasteiger partial charge in [-0.1, -0.05) is 18.2 Å². The minimum absolute atomic E-state index is 0.180. The molecule has 0 atom stereocenters. The van der Waals surface area contributed by atoms with E-state index < -0.39 is 12.5 Å². The lowest BCUT2D eigenvalue weighted by molar-refractivity contribution is 0.0563. The molecule has 1 heterocycles. The van der Waals surface area contributed by atoms with Crippen molar-refractivity contribution in [1.82, 2.24) is 9.78 Å². The second-order valence-corrected chi connectivity index (χ2v) is 4.20. The lowest BCUT2D eigenvalue weighted by atomic mass is 10.1. The van der Waals surface area contributed by atoms with Crippen LogP contribution in [0.15, 0.2) is 30.5 Å². The van der Waals surface area contributed by atoms with Gasteiger partial charge in [0.05, 0.1) is 23.1 Å². The van der Waals surface area contributed by atoms with Crippen LogP contribution in [0.3, 0.4) is 0 Å². The molecular weight excluding hydrogens is 268 g/mol. The predicted octanol–water partition coefficient (Wildman–Crippen LogP) is 2.90. The Hall–Kier alpha value is -2.44. The van der Waals surface area contributed by atoms with E-state index in [2.05, 4.69) is 10.4 Å². The number of carboxylic acid groups (broad SMARTS) is 1. The third kappa shape index (κ3) is 2.93. The second-order valence-electron chi connectivity index (χ2n) is 4.20. The van der Waals surface area contributed by atoms with Crippen molar-refractivity contribution in [3.8, 4) is 0 Å². The Bertz CT molecular complexity index is 626. The van der Waals surface area contributed by atoms with Gasteiger partial charge in [-0.2, -0.15) is 13.9 Å². The summed E-state index contributed by atoms with van der Waals surface area (Å²) in [5, 5.41) is 15.6. The van der Waals surface area contributed by atoms with Crippen LogP contribution in [-0.2, 0) is 6.54 Å². The van der Waals surface area contributed by atoms with E-state index in [1.54, 1.807) is 25.1 Å². The number of aromatic nitrogens is 2. The minimum Gasteiger partial charge on any atom is -0.478 e. The number of alkyl halides is 2. The van der Waals surface area contributed by atoms with Gasteiger partial charge in [-0.15, -0.1) is 0 Å². The van der Waals surface area contributed by atoms with Crippen LogP contribution in [0, 0.1) is 6.92 Å². The van der Waals surface area contributed by atoms with Crippen LogP contribution < -0.4 is 5.32 Å². The molecule has 0 aliphatic carbocycles. The van der Waals surface area contributed by atoms with Crippen molar-refractivity contribution in [2.24, 2.45) is 0 Å². The van der Waals surface area contributed by atoms with Gasteiger partial charge in [0.15, 0.2) is 0 Å². The number of hydrogen-bond donors (Lipinski definition) is 2. The maximum Gasteiger partial charge on any atom is 0.336 e. The molecule has 0 fully saturated rings. The standard InChI is InChI=1S/C13H13F2N3O2/c1-8-11(7-18(17-8)13(14)15)16-6-9-4-2-3-5-10(9)12(19)20/h2-5,7,13,16H,6H2,1H3,(H,19,20). The molecule has 2 aromatic rings. The summed E-state index contributed by atoms with van der Waals surface area (Å²) in [6.45, 7) is -0.877. The second kappa shape index (κ2) is 5.68. The third-order valence-corrected chi connectivity index (χ3v) is 2.83. The molecule has 7 heteroatoms. The molecule has 2 N–H and O–H groups in total. The fraction of sp³-hybridized carbons (Fsp3) is 0.231. The fourth-order valence-corrected chi connectivity index (χ4v) is 1.83. The Kier molecular flexibility index (Phi) is 3.97. The first kappa shape index (κ1) is 14.0. The van der Waals surface area contributed by atoms with E-state index in [1.807, 2.05) is 0 Å². The lowest BCUT2D eigenvalue weighted by Crippen LogP contribution is -2.07. The van der Waals surface area contributed by atoms with Crippen molar-refractivity contribution in [2.45, 2.75) is 20.0 Å². The van der Waals surface area contributed by atoms with Gasteiger partial charge < -0.3 is 10.4 Å². The SMILES string of the molecule is Cc1nn(C(F)F)cc1NCc1ccccc1C(=O)O. The lowest BCUT2D eigenvalue weighted by Gasteiger charge is -2.07. The Labute approximate surface area is 113 Å².